The van der Waals surface area contributed by atoms with Crippen LogP contribution in [-0.4, -0.2) is 17.9 Å². The number of fused-ring (bicyclic) bond motifs is 2. The van der Waals surface area contributed by atoms with Crippen LogP contribution in [0.1, 0.15) is 6.42 Å². The fourth-order valence-corrected chi connectivity index (χ4v) is 10.8. The number of rotatable bonds is 6. The van der Waals surface area contributed by atoms with E-state index in [0.717, 1.165) is 6.42 Å². The molecule has 1 nitrogen and oxygen atoms in total. The quantitative estimate of drug-likeness (QED) is 0.334. The topological polar surface area (TPSA) is 9.23 Å². The molecule has 4 aromatic rings. The predicted molar refractivity (Wildman–Crippen MR) is 143 cm³/mol. The van der Waals surface area contributed by atoms with Gasteiger partial charge in [-0.15, -0.1) is 0 Å². The van der Waals surface area contributed by atoms with Crippen LogP contribution in [0.15, 0.2) is 133 Å². The molecule has 0 aliphatic carbocycles. The van der Waals surface area contributed by atoms with E-state index >= 15 is 0 Å². The van der Waals surface area contributed by atoms with E-state index in [1.807, 2.05) is 0 Å². The molecule has 0 aromatic heterocycles. The summed E-state index contributed by atoms with van der Waals surface area (Å²) in [6, 6.07) is 44.3. The van der Waals surface area contributed by atoms with Crippen molar-refractivity contribution in [1.29, 1.82) is 0 Å². The first-order valence-electron chi connectivity index (χ1n) is 11.6. The van der Waals surface area contributed by atoms with Gasteiger partial charge in [0.05, 0.1) is 12.2 Å². The molecule has 0 amide bonds. The van der Waals surface area contributed by atoms with Crippen LogP contribution in [0.25, 0.3) is 0 Å². The van der Waals surface area contributed by atoms with Gasteiger partial charge in [0.25, 0.3) is 0 Å². The smallest absolute Gasteiger partial charge is 0.0915 e. The van der Waals surface area contributed by atoms with Crippen molar-refractivity contribution in [2.75, 3.05) is 0 Å². The van der Waals surface area contributed by atoms with Gasteiger partial charge in [-0.2, -0.15) is 0 Å². The maximum Gasteiger partial charge on any atom is 0.0915 e. The summed E-state index contributed by atoms with van der Waals surface area (Å²) >= 11 is 0. The Bertz CT molecular complexity index is 1150. The monoisotopic (exact) mass is 464 g/mol. The molecule has 4 aromatic carbocycles. The van der Waals surface area contributed by atoms with Gasteiger partial charge >= 0.3 is 0 Å². The highest BCUT2D eigenvalue weighted by molar-refractivity contribution is 7.77. The Kier molecular flexibility index (Phi) is 5.96. The van der Waals surface area contributed by atoms with Crippen LogP contribution in [0.3, 0.4) is 0 Å². The molecule has 2 aliphatic rings. The standard InChI is InChI=1S/C30H26OP2/c1-5-13-24(14-6-1)32(25-15-7-2-8-16-25)28-21-23-22-29(30(28)31-23)33(26-17-9-3-10-18-26)27-19-11-4-12-20-27/h1-21,23,29-30H,22H2/t23-,29+,30-/m0/s1. The first-order valence-corrected chi connectivity index (χ1v) is 14.3. The summed E-state index contributed by atoms with van der Waals surface area (Å²) < 4.78 is 6.69. The summed E-state index contributed by atoms with van der Waals surface area (Å²) in [5.41, 5.74) is 0.493. The van der Waals surface area contributed by atoms with E-state index in [2.05, 4.69) is 127 Å². The molecular formula is C30H26OP2. The molecule has 2 bridgehead atoms. The van der Waals surface area contributed by atoms with Gasteiger partial charge in [-0.25, -0.2) is 0 Å². The van der Waals surface area contributed by atoms with Crippen molar-refractivity contribution in [1.82, 2.24) is 0 Å². The van der Waals surface area contributed by atoms with Crippen molar-refractivity contribution in [2.45, 2.75) is 24.3 Å². The molecule has 1 fully saturated rings. The van der Waals surface area contributed by atoms with Crippen LogP contribution in [0.4, 0.5) is 0 Å². The third kappa shape index (κ3) is 4.11. The van der Waals surface area contributed by atoms with E-state index in [-0.39, 0.29) is 12.2 Å². The molecule has 3 atom stereocenters. The normalized spacial score (nSPS) is 21.5. The summed E-state index contributed by atoms with van der Waals surface area (Å²) in [5.74, 6) is 0. The van der Waals surface area contributed by atoms with Gasteiger partial charge in [0, 0.05) is 5.66 Å². The van der Waals surface area contributed by atoms with Crippen molar-refractivity contribution in [2.24, 2.45) is 0 Å². The summed E-state index contributed by atoms with van der Waals surface area (Å²) in [6.45, 7) is 0. The summed E-state index contributed by atoms with van der Waals surface area (Å²) in [5, 5.41) is 7.21. The molecule has 162 valence electrons. The summed E-state index contributed by atoms with van der Waals surface area (Å²) in [6.07, 6.45) is 3.96. The minimum Gasteiger partial charge on any atom is -0.365 e. The van der Waals surface area contributed by atoms with Crippen LogP contribution in [-0.2, 0) is 4.74 Å². The first-order chi connectivity index (χ1) is 16.4. The molecule has 0 spiro atoms. The molecule has 1 saturated heterocycles. The van der Waals surface area contributed by atoms with E-state index in [4.69, 9.17) is 4.74 Å². The van der Waals surface area contributed by atoms with Crippen LogP contribution in [0.5, 0.6) is 0 Å². The van der Waals surface area contributed by atoms with Gasteiger partial charge in [0.15, 0.2) is 0 Å². The SMILES string of the molecule is C1=C(P(c2ccccc2)c2ccccc2)[C@@H]2O[C@@H]1C[C@H]2P(c1ccccc1)c1ccccc1. The van der Waals surface area contributed by atoms with Crippen LogP contribution < -0.4 is 21.2 Å². The number of ether oxygens (including phenoxy) is 1. The third-order valence-corrected chi connectivity index (χ3v) is 11.9. The molecule has 2 heterocycles. The highest BCUT2D eigenvalue weighted by atomic mass is 31.1. The molecule has 0 N–H and O–H groups in total. The Morgan fingerprint density at radius 1 is 0.545 bits per heavy atom. The van der Waals surface area contributed by atoms with Crippen molar-refractivity contribution >= 4 is 37.1 Å². The second kappa shape index (κ2) is 9.36. The largest absolute Gasteiger partial charge is 0.365 e. The Morgan fingerprint density at radius 3 is 1.39 bits per heavy atom. The first kappa shape index (κ1) is 21.0. The zero-order valence-corrected chi connectivity index (χ0v) is 20.2. The van der Waals surface area contributed by atoms with E-state index in [1.54, 1.807) is 0 Å². The van der Waals surface area contributed by atoms with Gasteiger partial charge in [-0.3, -0.25) is 0 Å². The van der Waals surface area contributed by atoms with Crippen LogP contribution in [0.2, 0.25) is 0 Å². The van der Waals surface area contributed by atoms with E-state index in [9.17, 15) is 0 Å². The fraction of sp³-hybridized carbons (Fsp3) is 0.133. The van der Waals surface area contributed by atoms with Crippen LogP contribution >= 0.6 is 15.8 Å². The summed E-state index contributed by atoms with van der Waals surface area (Å²) in [4.78, 5) is 0. The third-order valence-electron chi connectivity index (χ3n) is 6.48. The van der Waals surface area contributed by atoms with E-state index < -0.39 is 15.8 Å². The van der Waals surface area contributed by atoms with Crippen molar-refractivity contribution < 1.29 is 4.74 Å². The molecule has 0 radical (unpaired) electrons. The zero-order chi connectivity index (χ0) is 22.0. The second-order valence-corrected chi connectivity index (χ2v) is 13.2. The highest BCUT2D eigenvalue weighted by Crippen LogP contribution is 2.59. The Hall–Kier alpha value is -2.56. The molecule has 3 heteroatoms. The second-order valence-electron chi connectivity index (χ2n) is 8.54. The molecule has 33 heavy (non-hydrogen) atoms. The van der Waals surface area contributed by atoms with Gasteiger partial charge in [0.1, 0.15) is 0 Å². The molecule has 6 rings (SSSR count). The fourth-order valence-electron chi connectivity index (χ4n) is 5.11. The van der Waals surface area contributed by atoms with Crippen molar-refractivity contribution in [3.8, 4) is 0 Å². The van der Waals surface area contributed by atoms with Gasteiger partial charge in [0.2, 0.25) is 0 Å². The Morgan fingerprint density at radius 2 is 0.970 bits per heavy atom. The lowest BCUT2D eigenvalue weighted by Crippen LogP contribution is -2.31. The van der Waals surface area contributed by atoms with E-state index in [0.29, 0.717) is 5.66 Å². The molecule has 0 unspecified atom stereocenters. The molecule has 0 saturated carbocycles. The maximum absolute atomic E-state index is 6.69. The number of benzene rings is 4. The molecular weight excluding hydrogens is 438 g/mol. The number of hydrogen-bond donors (Lipinski definition) is 0. The summed E-state index contributed by atoms with van der Waals surface area (Å²) in [7, 11) is -1.12. The lowest BCUT2D eigenvalue weighted by atomic mass is 10.1. The maximum atomic E-state index is 6.69. The lowest BCUT2D eigenvalue weighted by Gasteiger charge is -2.33. The minimum absolute atomic E-state index is 0.174. The number of hydrogen-bond acceptors (Lipinski definition) is 1. The van der Waals surface area contributed by atoms with Gasteiger partial charge in [-0.05, 0) is 54.9 Å². The van der Waals surface area contributed by atoms with Gasteiger partial charge in [-0.1, -0.05) is 121 Å². The van der Waals surface area contributed by atoms with Crippen LogP contribution in [0, 0.1) is 0 Å². The zero-order valence-electron chi connectivity index (χ0n) is 18.4. The van der Waals surface area contributed by atoms with Crippen molar-refractivity contribution in [3.05, 3.63) is 133 Å². The van der Waals surface area contributed by atoms with Crippen molar-refractivity contribution in [3.63, 3.8) is 0 Å². The average molecular weight is 464 g/mol. The van der Waals surface area contributed by atoms with E-state index in [1.165, 1.54) is 26.5 Å². The highest BCUT2D eigenvalue weighted by Gasteiger charge is 2.48. The Balaban J connectivity index is 1.43. The predicted octanol–water partition coefficient (Wildman–Crippen LogP) is 5.68. The molecule has 2 aliphatic heterocycles. The van der Waals surface area contributed by atoms with Gasteiger partial charge < -0.3 is 4.74 Å². The minimum atomic E-state index is -0.609. The Labute approximate surface area is 198 Å². The average Bonchev–Trinajstić information content (AvgIpc) is 3.48. The lowest BCUT2D eigenvalue weighted by molar-refractivity contribution is 0.120.